The van der Waals surface area contributed by atoms with Crippen LogP contribution in [0.2, 0.25) is 0 Å². The lowest BCUT2D eigenvalue weighted by Crippen LogP contribution is -2.70. The number of nitrogens with one attached hydrogen (secondary N) is 1. The predicted octanol–water partition coefficient (Wildman–Crippen LogP) is 7.32. The number of nitrogens with two attached hydrogens (primary N) is 1. The zero-order valence-corrected chi connectivity index (χ0v) is 28.3. The molecule has 1 heterocycles. The third-order valence-electron chi connectivity index (χ3n) is 13.8. The van der Waals surface area contributed by atoms with Crippen molar-refractivity contribution in [1.82, 2.24) is 10.2 Å². The molecule has 6 heteroatoms. The second-order valence-electron chi connectivity index (χ2n) is 16.1. The molecule has 0 radical (unpaired) electrons. The number of thioether (sulfide) groups is 1. The Morgan fingerprint density at radius 2 is 1.65 bits per heavy atom. The molecule has 4 aliphatic carbocycles. The van der Waals surface area contributed by atoms with Gasteiger partial charge in [-0.3, -0.25) is 0 Å². The van der Waals surface area contributed by atoms with Crippen LogP contribution in [-0.2, 0) is 0 Å². The van der Waals surface area contributed by atoms with Gasteiger partial charge in [0.15, 0.2) is 0 Å². The monoisotopic (exact) mass is 607 g/mol. The van der Waals surface area contributed by atoms with E-state index in [0.29, 0.717) is 23.3 Å². The number of nitrogens with zero attached hydrogens (tertiary/aromatic N) is 1. The smallest absolute Gasteiger partial charge is 0.335 e. The van der Waals surface area contributed by atoms with Gasteiger partial charge in [0.25, 0.3) is 0 Å². The van der Waals surface area contributed by atoms with Crippen LogP contribution in [0, 0.1) is 34.0 Å². The minimum atomic E-state index is -0.859. The maximum atomic E-state index is 11.5. The van der Waals surface area contributed by atoms with Gasteiger partial charge in [-0.1, -0.05) is 52.8 Å². The molecular formula is C37H57N3O2S. The number of benzene rings is 1. The van der Waals surface area contributed by atoms with Crippen molar-refractivity contribution < 1.29 is 9.90 Å². The summed E-state index contributed by atoms with van der Waals surface area (Å²) in [5.41, 5.74) is 11.2. The number of allylic oxidation sites excluding steroid dienone is 2. The maximum absolute atomic E-state index is 11.5. The van der Waals surface area contributed by atoms with E-state index in [4.69, 9.17) is 5.73 Å². The van der Waals surface area contributed by atoms with Crippen LogP contribution in [-0.4, -0.2) is 64.7 Å². The van der Waals surface area contributed by atoms with E-state index in [1.54, 1.807) is 12.1 Å². The Balaban J connectivity index is 1.20. The van der Waals surface area contributed by atoms with Crippen LogP contribution < -0.4 is 11.1 Å². The minimum absolute atomic E-state index is 0.0389. The number of hydrogen-bond acceptors (Lipinski definition) is 5. The van der Waals surface area contributed by atoms with Crippen molar-refractivity contribution in [2.75, 3.05) is 37.7 Å². The molecule has 5 aliphatic rings. The van der Waals surface area contributed by atoms with Gasteiger partial charge in [0, 0.05) is 48.8 Å². The molecule has 0 amide bonds. The molecule has 1 aromatic carbocycles. The SMILES string of the molecule is CCC1(NCCN2CCSCC2)CCC2C(N)(CCC3C2(C)CCC2C(C)(C)C(c4ccc(C(=O)O)cc4)=CCC23C)C1. The zero-order chi connectivity index (χ0) is 30.7. The van der Waals surface area contributed by atoms with Gasteiger partial charge < -0.3 is 21.1 Å². The van der Waals surface area contributed by atoms with Gasteiger partial charge in [0.1, 0.15) is 0 Å². The summed E-state index contributed by atoms with van der Waals surface area (Å²) >= 11 is 2.09. The fourth-order valence-corrected chi connectivity index (χ4v) is 12.6. The fraction of sp³-hybridized carbons (Fsp3) is 0.757. The molecular weight excluding hydrogens is 550 g/mol. The van der Waals surface area contributed by atoms with Gasteiger partial charge in [-0.05, 0) is 115 Å². The molecule has 0 bridgehead atoms. The molecule has 1 aromatic rings. The fourth-order valence-electron chi connectivity index (χ4n) is 11.7. The highest BCUT2D eigenvalue weighted by molar-refractivity contribution is 7.99. The lowest BCUT2D eigenvalue weighted by atomic mass is 9.36. The van der Waals surface area contributed by atoms with Crippen molar-refractivity contribution in [3.8, 4) is 0 Å². The Morgan fingerprint density at radius 1 is 0.977 bits per heavy atom. The van der Waals surface area contributed by atoms with E-state index >= 15 is 0 Å². The van der Waals surface area contributed by atoms with Crippen LogP contribution in [0.4, 0.5) is 0 Å². The minimum Gasteiger partial charge on any atom is -0.478 e. The first-order chi connectivity index (χ1) is 20.4. The van der Waals surface area contributed by atoms with Crippen molar-refractivity contribution in [3.05, 3.63) is 41.5 Å². The van der Waals surface area contributed by atoms with Gasteiger partial charge in [-0.2, -0.15) is 11.8 Å². The third-order valence-corrected chi connectivity index (χ3v) is 14.7. The average molecular weight is 608 g/mol. The van der Waals surface area contributed by atoms with Crippen LogP contribution in [0.5, 0.6) is 0 Å². The van der Waals surface area contributed by atoms with Gasteiger partial charge >= 0.3 is 5.97 Å². The summed E-state index contributed by atoms with van der Waals surface area (Å²) in [5, 5.41) is 13.5. The quantitative estimate of drug-likeness (QED) is 0.302. The lowest BCUT2D eigenvalue weighted by Gasteiger charge is -2.69. The van der Waals surface area contributed by atoms with Crippen LogP contribution in [0.3, 0.4) is 0 Å². The second-order valence-corrected chi connectivity index (χ2v) is 17.4. The number of rotatable bonds is 7. The Bertz CT molecular complexity index is 1220. The summed E-state index contributed by atoms with van der Waals surface area (Å²) < 4.78 is 0. The molecule has 5 nitrogen and oxygen atoms in total. The van der Waals surface area contributed by atoms with E-state index < -0.39 is 5.97 Å². The molecule has 1 aliphatic heterocycles. The first kappa shape index (κ1) is 31.6. The van der Waals surface area contributed by atoms with Crippen molar-refractivity contribution in [2.45, 2.75) is 103 Å². The molecule has 0 aromatic heterocycles. The predicted molar refractivity (Wildman–Crippen MR) is 180 cm³/mol. The second kappa shape index (κ2) is 11.5. The normalized spacial score (nSPS) is 41.0. The molecule has 7 atom stereocenters. The van der Waals surface area contributed by atoms with Crippen LogP contribution >= 0.6 is 11.8 Å². The number of fused-ring (bicyclic) bond motifs is 5. The Kier molecular flexibility index (Phi) is 8.44. The third kappa shape index (κ3) is 5.34. The van der Waals surface area contributed by atoms with Crippen molar-refractivity contribution in [2.24, 2.45) is 39.7 Å². The summed E-state index contributed by atoms with van der Waals surface area (Å²) in [6, 6.07) is 7.59. The van der Waals surface area contributed by atoms with E-state index in [0.717, 1.165) is 32.4 Å². The Morgan fingerprint density at radius 3 is 2.33 bits per heavy atom. The van der Waals surface area contributed by atoms with E-state index in [2.05, 4.69) is 62.7 Å². The van der Waals surface area contributed by atoms with E-state index in [1.165, 1.54) is 74.3 Å². The first-order valence-electron chi connectivity index (χ1n) is 17.3. The van der Waals surface area contributed by atoms with E-state index in [9.17, 15) is 9.90 Å². The summed E-state index contributed by atoms with van der Waals surface area (Å²) in [6.45, 7) is 17.3. The first-order valence-corrected chi connectivity index (χ1v) is 18.4. The van der Waals surface area contributed by atoms with Gasteiger partial charge in [-0.25, -0.2) is 4.79 Å². The van der Waals surface area contributed by atoms with Crippen molar-refractivity contribution in [1.29, 1.82) is 0 Å². The number of carbonyl (C=O) groups is 1. The Hall–Kier alpha value is -1.34. The van der Waals surface area contributed by atoms with E-state index in [-0.39, 0.29) is 27.3 Å². The average Bonchev–Trinajstić information content (AvgIpc) is 2.97. The molecule has 0 spiro atoms. The zero-order valence-electron chi connectivity index (χ0n) is 27.5. The lowest BCUT2D eigenvalue weighted by molar-refractivity contribution is -0.169. The number of aromatic carboxylic acids is 1. The molecule has 7 unspecified atom stereocenters. The standard InChI is InChI=1S/C37H57N3O2S/c1-6-36(39-19-20-40-21-23-43-24-22-40)17-13-31-35(5)16-12-29-33(2,3)28(26-7-9-27(10-8-26)32(41)42)11-15-34(29,4)30(35)14-18-37(31,38)25-36/h7-11,29-31,39H,6,12-25,38H2,1-5H3,(H,41,42). The molecule has 4 fully saturated rings. The topological polar surface area (TPSA) is 78.6 Å². The largest absolute Gasteiger partial charge is 0.478 e. The highest BCUT2D eigenvalue weighted by Crippen LogP contribution is 2.71. The highest BCUT2D eigenvalue weighted by Gasteiger charge is 2.66. The molecule has 3 saturated carbocycles. The van der Waals surface area contributed by atoms with Crippen LogP contribution in [0.15, 0.2) is 30.3 Å². The van der Waals surface area contributed by atoms with Gasteiger partial charge in [0.05, 0.1) is 5.56 Å². The molecule has 43 heavy (non-hydrogen) atoms. The molecule has 4 N–H and O–H groups in total. The Labute approximate surface area is 265 Å². The van der Waals surface area contributed by atoms with Crippen LogP contribution in [0.1, 0.15) is 108 Å². The highest BCUT2D eigenvalue weighted by atomic mass is 32.2. The summed E-state index contributed by atoms with van der Waals surface area (Å²) in [6.07, 6.45) is 13.4. The van der Waals surface area contributed by atoms with Crippen LogP contribution in [0.25, 0.3) is 5.57 Å². The molecule has 1 saturated heterocycles. The van der Waals surface area contributed by atoms with Crippen molar-refractivity contribution in [3.63, 3.8) is 0 Å². The molecule has 6 rings (SSSR count). The molecule has 238 valence electrons. The van der Waals surface area contributed by atoms with Gasteiger partial charge in [0.2, 0.25) is 0 Å². The van der Waals surface area contributed by atoms with Crippen molar-refractivity contribution >= 4 is 23.3 Å². The van der Waals surface area contributed by atoms with E-state index in [1.807, 2.05) is 12.1 Å². The van der Waals surface area contributed by atoms with Gasteiger partial charge in [-0.15, -0.1) is 0 Å². The maximum Gasteiger partial charge on any atom is 0.335 e. The summed E-state index contributed by atoms with van der Waals surface area (Å²) in [7, 11) is 0. The summed E-state index contributed by atoms with van der Waals surface area (Å²) in [4.78, 5) is 14.1. The number of hydrogen-bond donors (Lipinski definition) is 3. The number of carboxylic acid groups (broad SMARTS) is 1. The summed E-state index contributed by atoms with van der Waals surface area (Å²) in [5.74, 6) is 3.58. The number of carboxylic acids is 1.